The molecule has 0 N–H and O–H groups in total. The van der Waals surface area contributed by atoms with Crippen LogP contribution >= 0.6 is 0 Å². The molecule has 26 heavy (non-hydrogen) atoms. The van der Waals surface area contributed by atoms with Gasteiger partial charge in [-0.15, -0.1) is 0 Å². The van der Waals surface area contributed by atoms with Crippen molar-refractivity contribution in [2.24, 2.45) is 5.92 Å². The third-order valence-electron chi connectivity index (χ3n) is 5.21. The average Bonchev–Trinajstić information content (AvgIpc) is 3.30. The normalized spacial score (nSPS) is 18.2. The quantitative estimate of drug-likeness (QED) is 0.379. The highest BCUT2D eigenvalue weighted by Gasteiger charge is 2.27. The largest absolute Gasteiger partial charge is 0.349 e. The minimum atomic E-state index is 0.651. The Morgan fingerprint density at radius 2 is 1.62 bits per heavy atom. The van der Waals surface area contributed by atoms with Gasteiger partial charge in [-0.25, -0.2) is 0 Å². The summed E-state index contributed by atoms with van der Waals surface area (Å²) in [7, 11) is 0. The van der Waals surface area contributed by atoms with Gasteiger partial charge >= 0.3 is 0 Å². The van der Waals surface area contributed by atoms with Crippen LogP contribution in [0.25, 0.3) is 0 Å². The Morgan fingerprint density at radius 1 is 1.04 bits per heavy atom. The van der Waals surface area contributed by atoms with Gasteiger partial charge in [0.15, 0.2) is 0 Å². The molecule has 0 radical (unpaired) electrons. The number of hydrogen-bond acceptors (Lipinski definition) is 1. The fraction of sp³-hybridized carbons (Fsp3) is 0.600. The lowest BCUT2D eigenvalue weighted by Crippen LogP contribution is -2.17. The van der Waals surface area contributed by atoms with Crippen LogP contribution in [0.2, 0.25) is 0 Å². The molecule has 2 saturated carbocycles. The third kappa shape index (κ3) is 7.40. The van der Waals surface area contributed by atoms with Crippen LogP contribution in [0.4, 0.5) is 0 Å². The molecule has 0 unspecified atom stereocenters. The van der Waals surface area contributed by atoms with Crippen molar-refractivity contribution in [1.82, 2.24) is 4.90 Å². The molecule has 0 spiro atoms. The molecular weight excluding hydrogens is 314 g/mol. The molecule has 146 valence electrons. The minimum Gasteiger partial charge on any atom is -0.349 e. The molecule has 0 aromatic carbocycles. The molecule has 1 heteroatoms. The molecule has 2 rings (SSSR count). The van der Waals surface area contributed by atoms with Crippen LogP contribution in [0.5, 0.6) is 0 Å². The molecule has 0 saturated heterocycles. The lowest BCUT2D eigenvalue weighted by Gasteiger charge is -2.21. The molecule has 0 aliphatic heterocycles. The predicted molar refractivity (Wildman–Crippen MR) is 118 cm³/mol. The summed E-state index contributed by atoms with van der Waals surface area (Å²) in [4.78, 5) is 2.24. The van der Waals surface area contributed by atoms with E-state index in [1.165, 1.54) is 61.7 Å². The highest BCUT2D eigenvalue weighted by molar-refractivity contribution is 5.37. The molecule has 2 fully saturated rings. The number of nitrogens with zero attached hydrogens (tertiary/aromatic N) is 1. The van der Waals surface area contributed by atoms with Gasteiger partial charge in [-0.1, -0.05) is 77.5 Å². The summed E-state index contributed by atoms with van der Waals surface area (Å²) < 4.78 is 0. The molecule has 1 nitrogen and oxygen atoms in total. The first-order chi connectivity index (χ1) is 12.5. The Labute approximate surface area is 163 Å². The first-order valence-electron chi connectivity index (χ1n) is 10.6. The fourth-order valence-corrected chi connectivity index (χ4v) is 3.57. The second kappa shape index (κ2) is 12.0. The Kier molecular flexibility index (Phi) is 10.4. The van der Waals surface area contributed by atoms with Gasteiger partial charge in [0.2, 0.25) is 0 Å². The molecule has 0 heterocycles. The van der Waals surface area contributed by atoms with Gasteiger partial charge in [-0.2, -0.15) is 0 Å². The van der Waals surface area contributed by atoms with E-state index >= 15 is 0 Å². The number of allylic oxidation sites excluding steroid dienone is 5. The van der Waals surface area contributed by atoms with Crippen molar-refractivity contribution in [1.29, 1.82) is 0 Å². The van der Waals surface area contributed by atoms with Crippen molar-refractivity contribution < 1.29 is 0 Å². The first kappa shape index (κ1) is 22.5. The first-order valence-corrected chi connectivity index (χ1v) is 10.6. The van der Waals surface area contributed by atoms with Crippen LogP contribution < -0.4 is 0 Å². The van der Waals surface area contributed by atoms with Gasteiger partial charge < -0.3 is 4.90 Å². The summed E-state index contributed by atoms with van der Waals surface area (Å²) in [5.74, 6) is 0.718. The van der Waals surface area contributed by atoms with E-state index in [1.807, 2.05) is 6.20 Å². The monoisotopic (exact) mass is 355 g/mol. The maximum atomic E-state index is 4.39. The van der Waals surface area contributed by atoms with Crippen LogP contribution in [-0.2, 0) is 0 Å². The topological polar surface area (TPSA) is 3.24 Å². The van der Waals surface area contributed by atoms with E-state index in [0.29, 0.717) is 6.04 Å². The lowest BCUT2D eigenvalue weighted by atomic mass is 9.90. The van der Waals surface area contributed by atoms with E-state index in [2.05, 4.69) is 64.5 Å². The van der Waals surface area contributed by atoms with Crippen molar-refractivity contribution in [2.45, 2.75) is 91.5 Å². The molecule has 0 bridgehead atoms. The second-order valence-electron chi connectivity index (χ2n) is 7.78. The van der Waals surface area contributed by atoms with Crippen LogP contribution in [0, 0.1) is 5.92 Å². The fourth-order valence-electron chi connectivity index (χ4n) is 3.57. The molecule has 0 amide bonds. The highest BCUT2D eigenvalue weighted by Crippen LogP contribution is 2.35. The van der Waals surface area contributed by atoms with Crippen LogP contribution in [0.1, 0.15) is 85.5 Å². The summed E-state index contributed by atoms with van der Waals surface area (Å²) in [6, 6.07) is 0.651. The van der Waals surface area contributed by atoms with Gasteiger partial charge in [0.05, 0.1) is 0 Å². The maximum absolute atomic E-state index is 4.39. The summed E-state index contributed by atoms with van der Waals surface area (Å²) >= 11 is 0. The molecule has 0 aromatic rings. The van der Waals surface area contributed by atoms with Gasteiger partial charge in [-0.05, 0) is 62.3 Å². The van der Waals surface area contributed by atoms with E-state index in [-0.39, 0.29) is 0 Å². The van der Waals surface area contributed by atoms with E-state index in [4.69, 9.17) is 0 Å². The smallest absolute Gasteiger partial charge is 0.0334 e. The Bertz CT molecular complexity index is 524. The van der Waals surface area contributed by atoms with E-state index in [1.54, 1.807) is 0 Å². The molecule has 2 aliphatic rings. The van der Waals surface area contributed by atoms with Crippen molar-refractivity contribution in [2.75, 3.05) is 0 Å². The van der Waals surface area contributed by atoms with Crippen molar-refractivity contribution in [3.8, 4) is 0 Å². The Morgan fingerprint density at radius 3 is 2.08 bits per heavy atom. The number of hydrogen-bond donors (Lipinski definition) is 0. The Hall–Kier alpha value is -1.50. The second-order valence-corrected chi connectivity index (χ2v) is 7.78. The SMILES string of the molecule is C=CN(C(=C)C/C=C(C)\C=C(\CC)C(=C)C1CCCC1)C1CC1.CCC. The lowest BCUT2D eigenvalue weighted by molar-refractivity contribution is 0.449. The zero-order chi connectivity index (χ0) is 19.5. The summed E-state index contributed by atoms with van der Waals surface area (Å²) in [6.07, 6.45) is 17.7. The summed E-state index contributed by atoms with van der Waals surface area (Å²) in [5.41, 5.74) is 5.28. The Balaban J connectivity index is 0.00000105. The third-order valence-corrected chi connectivity index (χ3v) is 5.21. The highest BCUT2D eigenvalue weighted by atomic mass is 15.2. The van der Waals surface area contributed by atoms with Crippen LogP contribution in [0.15, 0.2) is 60.5 Å². The van der Waals surface area contributed by atoms with Crippen molar-refractivity contribution in [3.63, 3.8) is 0 Å². The van der Waals surface area contributed by atoms with E-state index in [0.717, 1.165) is 24.5 Å². The summed E-state index contributed by atoms with van der Waals surface area (Å²) in [6.45, 7) is 21.2. The van der Waals surface area contributed by atoms with Crippen molar-refractivity contribution in [3.05, 3.63) is 60.5 Å². The minimum absolute atomic E-state index is 0.651. The van der Waals surface area contributed by atoms with Crippen LogP contribution in [0.3, 0.4) is 0 Å². The molecule has 2 aliphatic carbocycles. The predicted octanol–water partition coefficient (Wildman–Crippen LogP) is 7.94. The van der Waals surface area contributed by atoms with E-state index < -0.39 is 0 Å². The number of rotatable bonds is 9. The van der Waals surface area contributed by atoms with Gasteiger partial charge in [0.25, 0.3) is 0 Å². The van der Waals surface area contributed by atoms with Gasteiger partial charge in [0, 0.05) is 18.2 Å². The standard InChI is InChI=1S/C22H33N.C3H8/c1-6-20(19(5)21-10-8-9-11-21)16-17(3)12-13-18(4)23(7-2)22-14-15-22;1-3-2/h7,12,16,21-22H,2,4-6,8-11,13-15H2,1,3H3;3H2,1-2H3/b17-12-,20-16-;. The molecule has 0 atom stereocenters. The zero-order valence-corrected chi connectivity index (χ0v) is 17.8. The zero-order valence-electron chi connectivity index (χ0n) is 17.8. The summed E-state index contributed by atoms with van der Waals surface area (Å²) in [5, 5.41) is 0. The van der Waals surface area contributed by atoms with Gasteiger partial charge in [0.1, 0.15) is 0 Å². The van der Waals surface area contributed by atoms with Crippen molar-refractivity contribution >= 4 is 0 Å². The molecular formula is C25H41N. The molecule has 0 aromatic heterocycles. The average molecular weight is 356 g/mol. The van der Waals surface area contributed by atoms with E-state index in [9.17, 15) is 0 Å². The van der Waals surface area contributed by atoms with Crippen LogP contribution in [-0.4, -0.2) is 10.9 Å². The maximum Gasteiger partial charge on any atom is 0.0334 e. The van der Waals surface area contributed by atoms with Gasteiger partial charge in [-0.3, -0.25) is 0 Å².